The van der Waals surface area contributed by atoms with E-state index in [1.54, 1.807) is 11.1 Å². The van der Waals surface area contributed by atoms with Crippen LogP contribution in [0.1, 0.15) is 72.6 Å². The van der Waals surface area contributed by atoms with E-state index in [1.807, 2.05) is 0 Å². The molecule has 0 bridgehead atoms. The number of allylic oxidation sites excluding steroid dienone is 4. The van der Waals surface area contributed by atoms with Gasteiger partial charge in [0.15, 0.2) is 0 Å². The smallest absolute Gasteiger partial charge is 0.0990 e. The monoisotopic (exact) mass is 426 g/mol. The molecule has 1 saturated heterocycles. The minimum absolute atomic E-state index is 0.271. The van der Waals surface area contributed by atoms with E-state index in [0.717, 1.165) is 25.2 Å². The predicted molar refractivity (Wildman–Crippen MR) is 129 cm³/mol. The average molecular weight is 427 g/mol. The first kappa shape index (κ1) is 22.2. The maximum absolute atomic E-state index is 6.11. The quantitative estimate of drug-likeness (QED) is 0.561. The first-order valence-electron chi connectivity index (χ1n) is 13.0. The molecule has 0 spiro atoms. The van der Waals surface area contributed by atoms with Crippen LogP contribution in [0.2, 0.25) is 0 Å². The van der Waals surface area contributed by atoms with Crippen molar-refractivity contribution in [3.8, 4) is 0 Å². The molecule has 4 aliphatic carbocycles. The first-order chi connectivity index (χ1) is 14.6. The maximum Gasteiger partial charge on any atom is 0.0990 e. The predicted octanol–water partition coefficient (Wildman–Crippen LogP) is 5.73. The minimum Gasteiger partial charge on any atom is -0.365 e. The molecule has 0 aromatic rings. The van der Waals surface area contributed by atoms with Gasteiger partial charge < -0.3 is 9.64 Å². The van der Waals surface area contributed by atoms with Crippen LogP contribution in [0, 0.1) is 34.0 Å². The topological polar surface area (TPSA) is 15.7 Å². The number of hydrogen-bond donors (Lipinski definition) is 0. The standard InChI is InChI=1S/C28H46N2O/c1-19(29(5)6)22-13-15-28(4)24-10-9-23-20(16-21(24)12-14-27(22,28)3)8-11-25-26(23,2)17-31-18-30(25)7/h12,16,19,22-25H,8-11,13-15,17-18H2,1-7H3/t19-,22+,23+,24+,25?,26?,27+,28-/m0/s1. The highest BCUT2D eigenvalue weighted by Crippen LogP contribution is 2.68. The SMILES string of the molecule is C[C@@H]([C@H]1CC[C@@]2(C)[C@@H]3CC[C@@H]4C(=CC3=CC[C@]12C)CCC1N(C)COCC14C)N(C)C. The summed E-state index contributed by atoms with van der Waals surface area (Å²) >= 11 is 0. The molecule has 5 aliphatic rings. The second kappa shape index (κ2) is 7.43. The van der Waals surface area contributed by atoms with Crippen LogP contribution in [-0.2, 0) is 4.74 Å². The van der Waals surface area contributed by atoms with Crippen molar-refractivity contribution >= 4 is 0 Å². The highest BCUT2D eigenvalue weighted by atomic mass is 16.5. The lowest BCUT2D eigenvalue weighted by molar-refractivity contribution is -0.143. The van der Waals surface area contributed by atoms with E-state index in [9.17, 15) is 0 Å². The van der Waals surface area contributed by atoms with Gasteiger partial charge in [-0.2, -0.15) is 0 Å². The number of rotatable bonds is 2. The number of hydrogen-bond acceptors (Lipinski definition) is 3. The maximum atomic E-state index is 6.11. The van der Waals surface area contributed by atoms with Crippen molar-refractivity contribution in [1.82, 2.24) is 9.80 Å². The van der Waals surface area contributed by atoms with Crippen LogP contribution in [0.3, 0.4) is 0 Å². The Kier molecular flexibility index (Phi) is 5.32. The summed E-state index contributed by atoms with van der Waals surface area (Å²) in [7, 11) is 6.82. The van der Waals surface area contributed by atoms with Crippen LogP contribution in [0.25, 0.3) is 0 Å². The van der Waals surface area contributed by atoms with E-state index < -0.39 is 0 Å². The van der Waals surface area contributed by atoms with Crippen molar-refractivity contribution in [3.05, 3.63) is 23.3 Å². The summed E-state index contributed by atoms with van der Waals surface area (Å²) in [6, 6.07) is 1.33. The zero-order valence-corrected chi connectivity index (χ0v) is 21.2. The lowest BCUT2D eigenvalue weighted by Crippen LogP contribution is -2.58. The Hall–Kier alpha value is -0.640. The molecule has 3 nitrogen and oxygen atoms in total. The Bertz CT molecular complexity index is 786. The van der Waals surface area contributed by atoms with Crippen LogP contribution < -0.4 is 0 Å². The van der Waals surface area contributed by atoms with Crippen LogP contribution in [0.15, 0.2) is 23.3 Å². The average Bonchev–Trinajstić information content (AvgIpc) is 2.86. The van der Waals surface area contributed by atoms with Crippen LogP contribution in [-0.4, -0.2) is 56.4 Å². The van der Waals surface area contributed by atoms with Crippen molar-refractivity contribution in [3.63, 3.8) is 0 Å². The van der Waals surface area contributed by atoms with Gasteiger partial charge >= 0.3 is 0 Å². The van der Waals surface area contributed by atoms with E-state index in [4.69, 9.17) is 4.74 Å². The molecule has 0 amide bonds. The molecular formula is C28H46N2O. The number of fused-ring (bicyclic) bond motifs is 6. The van der Waals surface area contributed by atoms with Crippen molar-refractivity contribution in [2.24, 2.45) is 34.0 Å². The van der Waals surface area contributed by atoms with Crippen LogP contribution >= 0.6 is 0 Å². The summed E-state index contributed by atoms with van der Waals surface area (Å²) in [5, 5.41) is 0. The molecule has 31 heavy (non-hydrogen) atoms. The summed E-state index contributed by atoms with van der Waals surface area (Å²) < 4.78 is 6.11. The summed E-state index contributed by atoms with van der Waals surface area (Å²) in [4.78, 5) is 4.95. The zero-order valence-electron chi connectivity index (χ0n) is 21.2. The Labute approximate surface area is 191 Å². The third-order valence-electron chi connectivity index (χ3n) is 11.5. The molecule has 0 aromatic heterocycles. The molecule has 174 valence electrons. The van der Waals surface area contributed by atoms with Gasteiger partial charge in [0.1, 0.15) is 0 Å². The summed E-state index contributed by atoms with van der Waals surface area (Å²) in [5.41, 5.74) is 4.56. The zero-order chi connectivity index (χ0) is 22.2. The Morgan fingerprint density at radius 1 is 1.06 bits per heavy atom. The lowest BCUT2D eigenvalue weighted by atomic mass is 9.51. The molecule has 0 N–H and O–H groups in total. The van der Waals surface area contributed by atoms with Gasteiger partial charge in [-0.05, 0) is 107 Å². The molecular weight excluding hydrogens is 380 g/mol. The fraction of sp³-hybridized carbons (Fsp3) is 0.857. The van der Waals surface area contributed by atoms with Gasteiger partial charge in [-0.1, -0.05) is 38.5 Å². The Balaban J connectivity index is 1.48. The normalized spacial score (nSPS) is 48.6. The number of ether oxygens (including phenoxy) is 1. The Morgan fingerprint density at radius 3 is 2.55 bits per heavy atom. The van der Waals surface area contributed by atoms with E-state index >= 15 is 0 Å². The highest BCUT2D eigenvalue weighted by Gasteiger charge is 2.61. The fourth-order valence-corrected chi connectivity index (χ4v) is 9.18. The van der Waals surface area contributed by atoms with Gasteiger partial charge in [-0.25, -0.2) is 0 Å². The van der Waals surface area contributed by atoms with Crippen molar-refractivity contribution in [2.75, 3.05) is 34.5 Å². The second-order valence-corrected chi connectivity index (χ2v) is 12.8. The largest absolute Gasteiger partial charge is 0.365 e. The van der Waals surface area contributed by atoms with E-state index in [-0.39, 0.29) is 5.41 Å². The van der Waals surface area contributed by atoms with Crippen molar-refractivity contribution in [2.45, 2.75) is 84.7 Å². The van der Waals surface area contributed by atoms with Gasteiger partial charge in [0.05, 0.1) is 13.3 Å². The van der Waals surface area contributed by atoms with Crippen molar-refractivity contribution < 1.29 is 4.74 Å². The molecule has 5 rings (SSSR count). The summed E-state index contributed by atoms with van der Waals surface area (Å²) in [6.45, 7) is 12.1. The molecule has 0 aromatic carbocycles. The van der Waals surface area contributed by atoms with Crippen molar-refractivity contribution in [1.29, 1.82) is 0 Å². The van der Waals surface area contributed by atoms with E-state index in [2.05, 4.69) is 70.8 Å². The molecule has 1 heterocycles. The van der Waals surface area contributed by atoms with Crippen LogP contribution in [0.4, 0.5) is 0 Å². The lowest BCUT2D eigenvalue weighted by Gasteiger charge is -2.55. The molecule has 2 saturated carbocycles. The molecule has 3 fully saturated rings. The van der Waals surface area contributed by atoms with Gasteiger partial charge in [0, 0.05) is 17.5 Å². The summed E-state index contributed by atoms with van der Waals surface area (Å²) in [5.74, 6) is 2.21. The van der Waals surface area contributed by atoms with E-state index in [1.165, 1.54) is 44.9 Å². The third-order valence-corrected chi connectivity index (χ3v) is 11.5. The number of nitrogens with zero attached hydrogens (tertiary/aromatic N) is 2. The second-order valence-electron chi connectivity index (χ2n) is 12.8. The third kappa shape index (κ3) is 3.02. The molecule has 2 unspecified atom stereocenters. The van der Waals surface area contributed by atoms with Crippen LogP contribution in [0.5, 0.6) is 0 Å². The molecule has 3 heteroatoms. The molecule has 0 radical (unpaired) electrons. The van der Waals surface area contributed by atoms with E-state index in [0.29, 0.717) is 28.8 Å². The summed E-state index contributed by atoms with van der Waals surface area (Å²) in [6.07, 6.45) is 14.7. The van der Waals surface area contributed by atoms with Gasteiger partial charge in [0.25, 0.3) is 0 Å². The van der Waals surface area contributed by atoms with Gasteiger partial charge in [0.2, 0.25) is 0 Å². The first-order valence-corrected chi connectivity index (χ1v) is 13.0. The highest BCUT2D eigenvalue weighted by molar-refractivity contribution is 5.37. The molecule has 1 aliphatic heterocycles. The fourth-order valence-electron chi connectivity index (χ4n) is 9.18. The minimum atomic E-state index is 0.271. The molecule has 8 atom stereocenters. The van der Waals surface area contributed by atoms with Gasteiger partial charge in [-0.3, -0.25) is 4.90 Å². The Morgan fingerprint density at radius 2 is 1.81 bits per heavy atom. The van der Waals surface area contributed by atoms with Gasteiger partial charge in [-0.15, -0.1) is 0 Å².